The Kier molecular flexibility index (Phi) is 8.96. The first-order valence-electron chi connectivity index (χ1n) is 5.41. The molecule has 0 saturated heterocycles. The second-order valence-corrected chi connectivity index (χ2v) is 4.44. The lowest BCUT2D eigenvalue weighted by Gasteiger charge is -2.18. The Balaban J connectivity index is 0. The predicted octanol–water partition coefficient (Wildman–Crippen LogP) is 2.21. The minimum absolute atomic E-state index is 0.123. The van der Waals surface area contributed by atoms with Gasteiger partial charge in [-0.3, -0.25) is 4.79 Å². The molecule has 17 heavy (non-hydrogen) atoms. The van der Waals surface area contributed by atoms with Gasteiger partial charge in [0.1, 0.15) is 0 Å². The van der Waals surface area contributed by atoms with E-state index in [4.69, 9.17) is 0 Å². The van der Waals surface area contributed by atoms with Crippen molar-refractivity contribution in [1.29, 1.82) is 0 Å². The lowest BCUT2D eigenvalue weighted by molar-refractivity contribution is -0.138. The topological polar surface area (TPSA) is 55.4 Å². The van der Waals surface area contributed by atoms with Crippen molar-refractivity contribution in [2.45, 2.75) is 40.2 Å². The molecule has 0 aromatic carbocycles. The van der Waals surface area contributed by atoms with Gasteiger partial charge in [0.05, 0.1) is 6.61 Å². The molecule has 0 aliphatic rings. The van der Waals surface area contributed by atoms with E-state index in [1.54, 1.807) is 13.8 Å². The summed E-state index contributed by atoms with van der Waals surface area (Å²) in [5, 5.41) is 2.71. The number of hydrogen-bond donors (Lipinski definition) is 1. The molecule has 0 atom stereocenters. The molecule has 0 aromatic rings. The summed E-state index contributed by atoms with van der Waals surface area (Å²) in [6.45, 7) is 16.3. The summed E-state index contributed by atoms with van der Waals surface area (Å²) in [7, 11) is 0. The number of nitrogens with one attached hydrogen (secondary N) is 1. The van der Waals surface area contributed by atoms with E-state index in [0.717, 1.165) is 0 Å². The van der Waals surface area contributed by atoms with Gasteiger partial charge in [-0.1, -0.05) is 13.2 Å². The second kappa shape index (κ2) is 8.56. The maximum atomic E-state index is 10.6. The van der Waals surface area contributed by atoms with Gasteiger partial charge in [-0.05, 0) is 40.7 Å². The van der Waals surface area contributed by atoms with Crippen LogP contribution in [0.2, 0.25) is 0 Å². The fraction of sp³-hybridized carbons (Fsp3) is 0.538. The summed E-state index contributed by atoms with van der Waals surface area (Å²) in [5.41, 5.74) is 0.303. The van der Waals surface area contributed by atoms with Crippen LogP contribution in [0.4, 0.5) is 0 Å². The van der Waals surface area contributed by atoms with Crippen LogP contribution in [0.3, 0.4) is 0 Å². The van der Waals surface area contributed by atoms with Crippen LogP contribution in [-0.4, -0.2) is 24.0 Å². The number of esters is 1. The van der Waals surface area contributed by atoms with E-state index in [9.17, 15) is 9.59 Å². The highest BCUT2D eigenvalue weighted by atomic mass is 16.5. The third kappa shape index (κ3) is 14.4. The van der Waals surface area contributed by atoms with E-state index in [1.165, 1.54) is 6.08 Å². The molecule has 0 saturated carbocycles. The minimum Gasteiger partial charge on any atom is -0.463 e. The Bertz CT molecular complexity index is 288. The molecule has 0 aliphatic heterocycles. The van der Waals surface area contributed by atoms with Crippen LogP contribution >= 0.6 is 0 Å². The zero-order valence-corrected chi connectivity index (χ0v) is 11.4. The van der Waals surface area contributed by atoms with Gasteiger partial charge in [0, 0.05) is 11.1 Å². The van der Waals surface area contributed by atoms with Crippen molar-refractivity contribution in [2.75, 3.05) is 6.61 Å². The monoisotopic (exact) mass is 241 g/mol. The summed E-state index contributed by atoms with van der Waals surface area (Å²) < 4.78 is 4.56. The van der Waals surface area contributed by atoms with Gasteiger partial charge in [0.25, 0.3) is 0 Å². The average molecular weight is 241 g/mol. The fourth-order valence-electron chi connectivity index (χ4n) is 0.675. The molecule has 0 heterocycles. The van der Waals surface area contributed by atoms with Crippen molar-refractivity contribution >= 4 is 11.9 Å². The molecule has 0 fully saturated rings. The number of amides is 1. The maximum absolute atomic E-state index is 10.6. The number of rotatable bonds is 3. The molecular formula is C13H23NO3. The highest BCUT2D eigenvalue weighted by Gasteiger charge is 2.10. The summed E-state index contributed by atoms with van der Waals surface area (Å²) in [5.74, 6) is -0.435. The van der Waals surface area contributed by atoms with Crippen molar-refractivity contribution in [2.24, 2.45) is 0 Å². The molecule has 4 heteroatoms. The smallest absolute Gasteiger partial charge is 0.333 e. The Morgan fingerprint density at radius 2 is 1.82 bits per heavy atom. The third-order valence-corrected chi connectivity index (χ3v) is 1.31. The average Bonchev–Trinajstić information content (AvgIpc) is 2.16. The van der Waals surface area contributed by atoms with E-state index >= 15 is 0 Å². The third-order valence-electron chi connectivity index (χ3n) is 1.31. The van der Waals surface area contributed by atoms with Gasteiger partial charge in [0.15, 0.2) is 0 Å². The zero-order chi connectivity index (χ0) is 14.1. The number of ether oxygens (including phenoxy) is 1. The Labute approximate surface area is 104 Å². The molecule has 4 nitrogen and oxygen atoms in total. The van der Waals surface area contributed by atoms with Crippen LogP contribution < -0.4 is 5.32 Å². The van der Waals surface area contributed by atoms with E-state index in [-0.39, 0.29) is 17.4 Å². The molecule has 0 unspecified atom stereocenters. The van der Waals surface area contributed by atoms with Gasteiger partial charge >= 0.3 is 5.97 Å². The van der Waals surface area contributed by atoms with Crippen molar-refractivity contribution < 1.29 is 14.3 Å². The Morgan fingerprint density at radius 3 is 1.94 bits per heavy atom. The molecule has 98 valence electrons. The first kappa shape index (κ1) is 17.8. The summed E-state index contributed by atoms with van der Waals surface area (Å²) >= 11 is 0. The SMILES string of the molecule is C=C(C)C(=O)OCC.C=CC(=O)NC(C)(C)C. The molecule has 0 bridgehead atoms. The van der Waals surface area contributed by atoms with Gasteiger partial charge in [-0.15, -0.1) is 0 Å². The fourth-order valence-corrected chi connectivity index (χ4v) is 0.675. The van der Waals surface area contributed by atoms with Crippen LogP contribution in [0.1, 0.15) is 34.6 Å². The van der Waals surface area contributed by atoms with Crippen molar-refractivity contribution in [3.05, 3.63) is 24.8 Å². The minimum atomic E-state index is -0.312. The van der Waals surface area contributed by atoms with E-state index in [1.807, 2.05) is 20.8 Å². The van der Waals surface area contributed by atoms with Crippen molar-refractivity contribution in [3.63, 3.8) is 0 Å². The van der Waals surface area contributed by atoms with Crippen molar-refractivity contribution in [1.82, 2.24) is 5.32 Å². The molecule has 0 aromatic heterocycles. The predicted molar refractivity (Wildman–Crippen MR) is 69.5 cm³/mol. The molecular weight excluding hydrogens is 218 g/mol. The molecule has 0 aliphatic carbocycles. The van der Waals surface area contributed by atoms with E-state index < -0.39 is 0 Å². The van der Waals surface area contributed by atoms with Crippen LogP contribution in [-0.2, 0) is 14.3 Å². The standard InChI is InChI=1S/C7H13NO.C6H10O2/c1-5-6(9)8-7(2,3)4;1-4-8-6(7)5(2)3/h5H,1H2,2-4H3,(H,8,9);2,4H2,1,3H3. The largest absolute Gasteiger partial charge is 0.463 e. The molecule has 0 radical (unpaired) electrons. The lowest BCUT2D eigenvalue weighted by Crippen LogP contribution is -2.39. The second-order valence-electron chi connectivity index (χ2n) is 4.44. The molecule has 0 spiro atoms. The lowest BCUT2D eigenvalue weighted by atomic mass is 10.1. The number of carbonyl (C=O) groups is 2. The quantitative estimate of drug-likeness (QED) is 0.609. The first-order chi connectivity index (χ1) is 7.64. The van der Waals surface area contributed by atoms with Crippen LogP contribution in [0, 0.1) is 0 Å². The van der Waals surface area contributed by atoms with Crippen molar-refractivity contribution in [3.8, 4) is 0 Å². The van der Waals surface area contributed by atoms with Crippen LogP contribution in [0.15, 0.2) is 24.8 Å². The summed E-state index contributed by atoms with van der Waals surface area (Å²) in [6, 6.07) is 0. The summed E-state index contributed by atoms with van der Waals surface area (Å²) in [6.07, 6.45) is 1.27. The van der Waals surface area contributed by atoms with Gasteiger partial charge in [0.2, 0.25) is 5.91 Å². The van der Waals surface area contributed by atoms with E-state index in [0.29, 0.717) is 12.2 Å². The van der Waals surface area contributed by atoms with Gasteiger partial charge in [-0.25, -0.2) is 4.79 Å². The number of hydrogen-bond acceptors (Lipinski definition) is 3. The zero-order valence-electron chi connectivity index (χ0n) is 11.4. The summed E-state index contributed by atoms with van der Waals surface area (Å²) in [4.78, 5) is 21.0. The van der Waals surface area contributed by atoms with E-state index in [2.05, 4.69) is 23.2 Å². The normalized spacial score (nSPS) is 9.47. The van der Waals surface area contributed by atoms with Gasteiger partial charge < -0.3 is 10.1 Å². The van der Waals surface area contributed by atoms with Crippen LogP contribution in [0.25, 0.3) is 0 Å². The number of carbonyl (C=O) groups excluding carboxylic acids is 2. The highest BCUT2D eigenvalue weighted by molar-refractivity contribution is 5.87. The van der Waals surface area contributed by atoms with Crippen LogP contribution in [0.5, 0.6) is 0 Å². The maximum Gasteiger partial charge on any atom is 0.333 e. The van der Waals surface area contributed by atoms with Gasteiger partial charge in [-0.2, -0.15) is 0 Å². The molecule has 1 N–H and O–H groups in total. The molecule has 0 rings (SSSR count). The molecule has 1 amide bonds. The first-order valence-corrected chi connectivity index (χ1v) is 5.41. The Morgan fingerprint density at radius 1 is 1.35 bits per heavy atom. The Hall–Kier alpha value is -1.58. The highest BCUT2D eigenvalue weighted by Crippen LogP contribution is 1.97.